The Kier molecular flexibility index (Phi) is 4.56. The summed E-state index contributed by atoms with van der Waals surface area (Å²) in [6, 6.07) is 2.75. The molecule has 2 aliphatic rings. The number of anilines is 1. The van der Waals surface area contributed by atoms with Crippen LogP contribution in [-0.4, -0.2) is 36.6 Å². The second-order valence-electron chi connectivity index (χ2n) is 7.62. The van der Waals surface area contributed by atoms with Crippen LogP contribution in [-0.2, 0) is 4.74 Å². The van der Waals surface area contributed by atoms with Crippen LogP contribution in [0, 0.1) is 18.7 Å². The number of halogens is 1. The Labute approximate surface area is 160 Å². The fourth-order valence-corrected chi connectivity index (χ4v) is 4.23. The third-order valence-electron chi connectivity index (χ3n) is 5.63. The number of hydrogen-bond donors (Lipinski definition) is 1. The van der Waals surface area contributed by atoms with Gasteiger partial charge in [-0.15, -0.1) is 0 Å². The highest BCUT2D eigenvalue weighted by molar-refractivity contribution is 5.99. The monoisotopic (exact) mass is 387 g/mol. The smallest absolute Gasteiger partial charge is 0.404 e. The zero-order chi connectivity index (χ0) is 20.0. The van der Waals surface area contributed by atoms with Gasteiger partial charge in [-0.3, -0.25) is 9.59 Å². The van der Waals surface area contributed by atoms with Crippen molar-refractivity contribution in [2.75, 3.05) is 24.6 Å². The summed E-state index contributed by atoms with van der Waals surface area (Å²) in [5.41, 5.74) is 6.72. The molecule has 2 aromatic rings. The number of hydrogen-bond acceptors (Lipinski definition) is 5. The molecule has 2 N–H and O–H groups in total. The molecule has 1 aliphatic carbocycles. The van der Waals surface area contributed by atoms with E-state index in [2.05, 4.69) is 0 Å². The summed E-state index contributed by atoms with van der Waals surface area (Å²) in [5.74, 6) is -0.362. The second kappa shape index (κ2) is 6.92. The summed E-state index contributed by atoms with van der Waals surface area (Å²) < 4.78 is 21.7. The van der Waals surface area contributed by atoms with Crippen molar-refractivity contribution in [1.29, 1.82) is 0 Å². The average molecular weight is 387 g/mol. The van der Waals surface area contributed by atoms with Gasteiger partial charge in [0.2, 0.25) is 0 Å². The van der Waals surface area contributed by atoms with E-state index in [9.17, 15) is 14.4 Å². The largest absolute Gasteiger partial charge is 0.449 e. The molecule has 2 heterocycles. The molecule has 1 saturated carbocycles. The summed E-state index contributed by atoms with van der Waals surface area (Å²) >= 11 is 0. The Bertz CT molecular complexity index is 1030. The van der Waals surface area contributed by atoms with E-state index in [1.807, 2.05) is 4.90 Å². The number of primary amides is 1. The molecule has 1 aromatic heterocycles. The van der Waals surface area contributed by atoms with Crippen LogP contribution in [0.5, 0.6) is 0 Å². The van der Waals surface area contributed by atoms with E-state index in [1.165, 1.54) is 12.1 Å². The molecule has 0 spiro atoms. The van der Waals surface area contributed by atoms with Gasteiger partial charge >= 0.3 is 6.09 Å². The Morgan fingerprint density at radius 3 is 2.75 bits per heavy atom. The molecule has 1 amide bonds. The van der Waals surface area contributed by atoms with Crippen LogP contribution >= 0.6 is 0 Å². The molecule has 4 rings (SSSR count). The number of ether oxygens (including phenoxy) is 1. The Balaban J connectivity index is 1.80. The Morgan fingerprint density at radius 2 is 2.11 bits per heavy atom. The first-order valence-corrected chi connectivity index (χ1v) is 9.41. The van der Waals surface area contributed by atoms with Crippen molar-refractivity contribution < 1.29 is 18.7 Å². The van der Waals surface area contributed by atoms with Gasteiger partial charge in [-0.05, 0) is 37.8 Å². The molecule has 0 bridgehead atoms. The number of carbonyl (C=O) groups is 2. The van der Waals surface area contributed by atoms with Gasteiger partial charge in [0, 0.05) is 42.1 Å². The number of benzene rings is 1. The van der Waals surface area contributed by atoms with E-state index >= 15 is 4.39 Å². The number of aromatic nitrogens is 1. The zero-order valence-corrected chi connectivity index (χ0v) is 15.6. The van der Waals surface area contributed by atoms with Crippen molar-refractivity contribution in [2.24, 2.45) is 11.7 Å². The lowest BCUT2D eigenvalue weighted by Crippen LogP contribution is -2.26. The minimum atomic E-state index is -0.818. The van der Waals surface area contributed by atoms with Gasteiger partial charge < -0.3 is 19.9 Å². The molecule has 8 heteroatoms. The van der Waals surface area contributed by atoms with E-state index in [4.69, 9.17) is 10.5 Å². The van der Waals surface area contributed by atoms with Crippen molar-refractivity contribution in [3.8, 4) is 0 Å². The van der Waals surface area contributed by atoms with E-state index < -0.39 is 11.9 Å². The molecule has 1 unspecified atom stereocenters. The number of aldehydes is 1. The zero-order valence-electron chi connectivity index (χ0n) is 15.6. The summed E-state index contributed by atoms with van der Waals surface area (Å²) in [5, 5.41) is 0.466. The SMILES string of the molecule is Cc1c(N2CCC(COC(N)=O)C2)c(F)cc2c(C=O)cc(=O)n(C3CC3)c12. The fourth-order valence-electron chi connectivity index (χ4n) is 4.23. The number of fused-ring (bicyclic) bond motifs is 1. The second-order valence-corrected chi connectivity index (χ2v) is 7.62. The number of aryl methyl sites for hydroxylation is 1. The number of pyridine rings is 1. The summed E-state index contributed by atoms with van der Waals surface area (Å²) in [7, 11) is 0. The lowest BCUT2D eigenvalue weighted by atomic mass is 10.0. The van der Waals surface area contributed by atoms with Crippen LogP contribution in [0.2, 0.25) is 0 Å². The molecule has 1 aliphatic heterocycles. The van der Waals surface area contributed by atoms with E-state index in [0.29, 0.717) is 41.5 Å². The highest BCUT2D eigenvalue weighted by Crippen LogP contribution is 2.40. The number of nitrogens with zero attached hydrogens (tertiary/aromatic N) is 2. The van der Waals surface area contributed by atoms with Crippen molar-refractivity contribution in [1.82, 2.24) is 4.57 Å². The van der Waals surface area contributed by atoms with Crippen molar-refractivity contribution in [3.63, 3.8) is 0 Å². The molecule has 148 valence electrons. The third-order valence-corrected chi connectivity index (χ3v) is 5.63. The predicted molar refractivity (Wildman–Crippen MR) is 102 cm³/mol. The summed E-state index contributed by atoms with van der Waals surface area (Å²) in [4.78, 5) is 36.8. The van der Waals surface area contributed by atoms with Gasteiger partial charge in [0.1, 0.15) is 5.82 Å². The first-order chi connectivity index (χ1) is 13.4. The minimum absolute atomic E-state index is 0.0638. The van der Waals surface area contributed by atoms with Crippen LogP contribution in [0.15, 0.2) is 16.9 Å². The molecule has 1 saturated heterocycles. The van der Waals surface area contributed by atoms with Gasteiger partial charge in [-0.1, -0.05) is 0 Å². The fraction of sp³-hybridized carbons (Fsp3) is 0.450. The first kappa shape index (κ1) is 18.5. The van der Waals surface area contributed by atoms with Gasteiger partial charge in [0.15, 0.2) is 6.29 Å². The summed E-state index contributed by atoms with van der Waals surface area (Å²) in [6.45, 7) is 3.12. The first-order valence-electron chi connectivity index (χ1n) is 9.41. The van der Waals surface area contributed by atoms with Gasteiger partial charge in [-0.25, -0.2) is 9.18 Å². The van der Waals surface area contributed by atoms with Gasteiger partial charge in [0.25, 0.3) is 5.56 Å². The van der Waals surface area contributed by atoms with Crippen molar-refractivity contribution in [3.05, 3.63) is 39.4 Å². The molecule has 1 atom stereocenters. The number of nitrogens with two attached hydrogens (primary N) is 1. The maximum Gasteiger partial charge on any atom is 0.404 e. The molecular weight excluding hydrogens is 365 g/mol. The molecule has 0 radical (unpaired) electrons. The molecule has 7 nitrogen and oxygen atoms in total. The lowest BCUT2D eigenvalue weighted by molar-refractivity contribution is 0.112. The standard InChI is InChI=1S/C20H22FN3O4/c1-11-18-15(13(9-25)6-17(26)24(18)14-2-3-14)7-16(21)19(11)23-5-4-12(8-23)10-28-20(22)27/h6-7,9,12,14H,2-5,8,10H2,1H3,(H2,22,27). The normalized spacial score (nSPS) is 19.2. The van der Waals surface area contributed by atoms with Crippen molar-refractivity contribution in [2.45, 2.75) is 32.2 Å². The molecule has 1 aromatic carbocycles. The highest BCUT2D eigenvalue weighted by Gasteiger charge is 2.31. The molecule has 2 fully saturated rings. The topological polar surface area (TPSA) is 94.6 Å². The molecular formula is C20H22FN3O4. The van der Waals surface area contributed by atoms with Crippen LogP contribution in [0.25, 0.3) is 10.9 Å². The van der Waals surface area contributed by atoms with Gasteiger partial charge in [0.05, 0.1) is 17.8 Å². The summed E-state index contributed by atoms with van der Waals surface area (Å²) in [6.07, 6.45) is 2.33. The lowest BCUT2D eigenvalue weighted by Gasteiger charge is -2.24. The van der Waals surface area contributed by atoms with Crippen LogP contribution in [0.1, 0.15) is 41.2 Å². The van der Waals surface area contributed by atoms with E-state index in [-0.39, 0.29) is 29.7 Å². The Morgan fingerprint density at radius 1 is 1.36 bits per heavy atom. The predicted octanol–water partition coefficient (Wildman–Crippen LogP) is 2.52. The van der Waals surface area contributed by atoms with Crippen LogP contribution in [0.3, 0.4) is 0 Å². The highest BCUT2D eigenvalue weighted by atomic mass is 19.1. The van der Waals surface area contributed by atoms with Gasteiger partial charge in [-0.2, -0.15) is 0 Å². The average Bonchev–Trinajstić information content (AvgIpc) is 3.38. The van der Waals surface area contributed by atoms with E-state index in [0.717, 1.165) is 19.3 Å². The van der Waals surface area contributed by atoms with Crippen LogP contribution < -0.4 is 16.2 Å². The van der Waals surface area contributed by atoms with Crippen molar-refractivity contribution >= 4 is 29.0 Å². The Hall–Kier alpha value is -2.90. The maximum absolute atomic E-state index is 15.1. The number of rotatable bonds is 5. The quantitative estimate of drug-likeness (QED) is 0.796. The number of amides is 1. The maximum atomic E-state index is 15.1. The van der Waals surface area contributed by atoms with E-state index in [1.54, 1.807) is 11.5 Å². The third kappa shape index (κ3) is 3.12. The number of carbonyl (C=O) groups excluding carboxylic acids is 2. The molecule has 28 heavy (non-hydrogen) atoms. The van der Waals surface area contributed by atoms with Crippen LogP contribution in [0.4, 0.5) is 14.9 Å². The minimum Gasteiger partial charge on any atom is -0.449 e.